The minimum Gasteiger partial charge on any atom is -0.396 e. The van der Waals surface area contributed by atoms with Crippen molar-refractivity contribution in [3.05, 3.63) is 46.2 Å². The molecule has 2 N–H and O–H groups in total. The second-order valence-electron chi connectivity index (χ2n) is 8.06. The van der Waals surface area contributed by atoms with E-state index in [2.05, 4.69) is 5.32 Å². The van der Waals surface area contributed by atoms with Crippen molar-refractivity contribution in [1.82, 2.24) is 9.88 Å². The number of benzene rings is 1. The molecule has 0 radical (unpaired) electrons. The summed E-state index contributed by atoms with van der Waals surface area (Å²) in [4.78, 5) is 12.5. The van der Waals surface area contributed by atoms with Gasteiger partial charge in [0.1, 0.15) is 0 Å². The van der Waals surface area contributed by atoms with Crippen LogP contribution in [0.5, 0.6) is 0 Å². The lowest BCUT2D eigenvalue weighted by Crippen LogP contribution is -2.56. The summed E-state index contributed by atoms with van der Waals surface area (Å²) in [5.74, 6) is 0. The van der Waals surface area contributed by atoms with Gasteiger partial charge < -0.3 is 15.0 Å². The van der Waals surface area contributed by atoms with Crippen LogP contribution in [0.25, 0.3) is 10.9 Å². The highest BCUT2D eigenvalue weighted by Gasteiger charge is 2.56. The number of fused-ring (bicyclic) bond motifs is 1. The smallest absolute Gasteiger partial charge is 0.255 e. The average Bonchev–Trinajstić information content (AvgIpc) is 2.53. The molecule has 24 heavy (non-hydrogen) atoms. The number of nitrogens with one attached hydrogen (secondary N) is 1. The van der Waals surface area contributed by atoms with E-state index in [0.717, 1.165) is 35.9 Å². The molecule has 4 nitrogen and oxygen atoms in total. The van der Waals surface area contributed by atoms with Gasteiger partial charge in [-0.15, -0.1) is 0 Å². The number of aliphatic hydroxyl groups excluding tert-OH is 1. The number of aryl methyl sites for hydroxylation is 1. The van der Waals surface area contributed by atoms with Crippen LogP contribution in [-0.2, 0) is 13.6 Å². The Hall–Kier alpha value is -1.65. The molecule has 1 heterocycles. The maximum atomic E-state index is 12.5. The topological polar surface area (TPSA) is 54.3 Å². The van der Waals surface area contributed by atoms with Crippen LogP contribution in [0.3, 0.4) is 0 Å². The number of nitrogens with zero attached hydrogens (tertiary/aromatic N) is 1. The van der Waals surface area contributed by atoms with E-state index in [4.69, 9.17) is 0 Å². The molecule has 2 aliphatic rings. The van der Waals surface area contributed by atoms with E-state index >= 15 is 0 Å². The molecule has 0 atom stereocenters. The molecule has 1 spiro atoms. The minimum atomic E-state index is 0.0303. The van der Waals surface area contributed by atoms with Crippen LogP contribution in [0.1, 0.15) is 37.7 Å². The van der Waals surface area contributed by atoms with Gasteiger partial charge in [0.25, 0.3) is 5.56 Å². The largest absolute Gasteiger partial charge is 0.396 e. The van der Waals surface area contributed by atoms with Crippen molar-refractivity contribution in [3.63, 3.8) is 0 Å². The zero-order valence-electron chi connectivity index (χ0n) is 14.3. The molecule has 2 fully saturated rings. The molecular weight excluding hydrogens is 300 g/mol. The molecule has 0 saturated heterocycles. The van der Waals surface area contributed by atoms with Crippen LogP contribution in [0.2, 0.25) is 0 Å². The predicted molar refractivity (Wildman–Crippen MR) is 95.9 cm³/mol. The van der Waals surface area contributed by atoms with Crippen LogP contribution < -0.4 is 10.9 Å². The summed E-state index contributed by atoms with van der Waals surface area (Å²) in [5, 5.41) is 14.3. The SMILES string of the molecule is Cn1c(=O)c(CNCC2(CO)CC3(CCC3)C2)cc2ccccc21. The Balaban J connectivity index is 1.45. The molecular formula is C20H26N2O2. The fourth-order valence-corrected chi connectivity index (χ4v) is 4.94. The quantitative estimate of drug-likeness (QED) is 0.888. The first-order valence-corrected chi connectivity index (χ1v) is 8.96. The van der Waals surface area contributed by atoms with Crippen molar-refractivity contribution in [3.8, 4) is 0 Å². The van der Waals surface area contributed by atoms with Gasteiger partial charge in [-0.2, -0.15) is 0 Å². The third-order valence-corrected chi connectivity index (χ3v) is 6.27. The Morgan fingerprint density at radius 3 is 2.67 bits per heavy atom. The third-order valence-electron chi connectivity index (χ3n) is 6.27. The van der Waals surface area contributed by atoms with E-state index in [0.29, 0.717) is 12.0 Å². The van der Waals surface area contributed by atoms with E-state index in [1.807, 2.05) is 37.4 Å². The zero-order chi connectivity index (χ0) is 16.8. The standard InChI is InChI=1S/C20H26N2O2/c1-22-17-6-3-2-5-15(17)9-16(18(22)24)10-21-13-20(14-23)11-19(12-20)7-4-8-19/h2-3,5-6,9,21,23H,4,7-8,10-14H2,1H3. The molecule has 0 amide bonds. The van der Waals surface area contributed by atoms with E-state index in [1.165, 1.54) is 19.3 Å². The van der Waals surface area contributed by atoms with Crippen LogP contribution in [-0.4, -0.2) is 22.8 Å². The average molecular weight is 326 g/mol. The second-order valence-corrected chi connectivity index (χ2v) is 8.06. The molecule has 2 aromatic rings. The lowest BCUT2D eigenvalue weighted by atomic mass is 9.45. The normalized spacial score (nSPS) is 20.8. The summed E-state index contributed by atoms with van der Waals surface area (Å²) in [6.07, 6.45) is 6.29. The third kappa shape index (κ3) is 2.49. The Kier molecular flexibility index (Phi) is 3.77. The van der Waals surface area contributed by atoms with Crippen LogP contribution in [0, 0.1) is 10.8 Å². The molecule has 2 aliphatic carbocycles. The maximum absolute atomic E-state index is 12.5. The number of aliphatic hydroxyl groups is 1. The summed E-state index contributed by atoms with van der Waals surface area (Å²) >= 11 is 0. The maximum Gasteiger partial charge on any atom is 0.255 e. The van der Waals surface area contributed by atoms with Gasteiger partial charge in [0.2, 0.25) is 0 Å². The highest BCUT2D eigenvalue weighted by Crippen LogP contribution is 2.64. The fourth-order valence-electron chi connectivity index (χ4n) is 4.94. The first-order valence-electron chi connectivity index (χ1n) is 8.96. The van der Waals surface area contributed by atoms with Gasteiger partial charge in [0.05, 0.1) is 5.52 Å². The molecule has 0 aliphatic heterocycles. The monoisotopic (exact) mass is 326 g/mol. The van der Waals surface area contributed by atoms with Crippen LogP contribution in [0.4, 0.5) is 0 Å². The number of rotatable bonds is 5. The van der Waals surface area contributed by atoms with Crippen molar-refractivity contribution in [1.29, 1.82) is 0 Å². The van der Waals surface area contributed by atoms with Crippen molar-refractivity contribution in [2.24, 2.45) is 17.9 Å². The molecule has 128 valence electrons. The molecule has 2 saturated carbocycles. The predicted octanol–water partition coefficient (Wildman–Crippen LogP) is 2.57. The van der Waals surface area contributed by atoms with Gasteiger partial charge in [-0.1, -0.05) is 24.6 Å². The van der Waals surface area contributed by atoms with Crippen molar-refractivity contribution >= 4 is 10.9 Å². The van der Waals surface area contributed by atoms with Crippen LogP contribution >= 0.6 is 0 Å². The van der Waals surface area contributed by atoms with Gasteiger partial charge in [-0.05, 0) is 48.6 Å². The Bertz CT molecular complexity index is 812. The molecule has 0 bridgehead atoms. The zero-order valence-corrected chi connectivity index (χ0v) is 14.3. The summed E-state index contributed by atoms with van der Waals surface area (Å²) < 4.78 is 1.72. The number of aromatic nitrogens is 1. The van der Waals surface area contributed by atoms with Gasteiger partial charge >= 0.3 is 0 Å². The van der Waals surface area contributed by atoms with Gasteiger partial charge in [0, 0.05) is 37.7 Å². The van der Waals surface area contributed by atoms with E-state index in [-0.39, 0.29) is 17.6 Å². The van der Waals surface area contributed by atoms with Gasteiger partial charge in [-0.3, -0.25) is 4.79 Å². The summed E-state index contributed by atoms with van der Waals surface area (Å²) in [6, 6.07) is 9.96. The first-order chi connectivity index (χ1) is 11.6. The highest BCUT2D eigenvalue weighted by atomic mass is 16.3. The van der Waals surface area contributed by atoms with Crippen molar-refractivity contribution < 1.29 is 5.11 Å². The fraction of sp³-hybridized carbons (Fsp3) is 0.550. The molecule has 0 unspecified atom stereocenters. The van der Waals surface area contributed by atoms with Gasteiger partial charge in [0.15, 0.2) is 0 Å². The number of para-hydroxylation sites is 1. The molecule has 1 aromatic carbocycles. The van der Waals surface area contributed by atoms with E-state index < -0.39 is 0 Å². The molecule has 4 rings (SSSR count). The summed E-state index contributed by atoms with van der Waals surface area (Å²) in [6.45, 7) is 1.60. The van der Waals surface area contributed by atoms with E-state index in [1.54, 1.807) is 4.57 Å². The van der Waals surface area contributed by atoms with E-state index in [9.17, 15) is 9.90 Å². The second kappa shape index (κ2) is 5.71. The lowest BCUT2D eigenvalue weighted by molar-refractivity contribution is -0.119. The Morgan fingerprint density at radius 1 is 1.25 bits per heavy atom. The van der Waals surface area contributed by atoms with Crippen molar-refractivity contribution in [2.45, 2.75) is 38.6 Å². The van der Waals surface area contributed by atoms with Crippen LogP contribution in [0.15, 0.2) is 35.1 Å². The Morgan fingerprint density at radius 2 is 2.00 bits per heavy atom. The molecule has 4 heteroatoms. The molecule has 1 aromatic heterocycles. The lowest BCUT2D eigenvalue weighted by Gasteiger charge is -2.61. The number of hydrogen-bond acceptors (Lipinski definition) is 3. The highest BCUT2D eigenvalue weighted by molar-refractivity contribution is 5.79. The number of hydrogen-bond donors (Lipinski definition) is 2. The summed E-state index contributed by atoms with van der Waals surface area (Å²) in [7, 11) is 1.83. The number of pyridine rings is 1. The summed E-state index contributed by atoms with van der Waals surface area (Å²) in [5.41, 5.74) is 2.39. The minimum absolute atomic E-state index is 0.0303. The Labute approximate surface area is 142 Å². The van der Waals surface area contributed by atoms with Crippen molar-refractivity contribution in [2.75, 3.05) is 13.2 Å². The first kappa shape index (κ1) is 15.9. The van der Waals surface area contributed by atoms with Gasteiger partial charge in [-0.25, -0.2) is 0 Å².